The minimum absolute atomic E-state index is 0.0723. The number of carbonyl (C=O) groups is 4. The van der Waals surface area contributed by atoms with E-state index in [-0.39, 0.29) is 35.7 Å². The van der Waals surface area contributed by atoms with Crippen LogP contribution in [0.15, 0.2) is 72.8 Å². The number of rotatable bonds is 7. The first-order chi connectivity index (χ1) is 16.3. The van der Waals surface area contributed by atoms with Crippen molar-refractivity contribution in [1.82, 2.24) is 4.90 Å². The Morgan fingerprint density at radius 2 is 1.62 bits per heavy atom. The molecule has 1 aliphatic rings. The second-order valence-corrected chi connectivity index (χ2v) is 7.29. The molecule has 1 heterocycles. The SMILES string of the molecule is O=C(CCN1C(=O)c2cccc([N+](=O)[O-])c2C1=O)Oc1ccc(C(=O)Nc2ccccc2)cc1. The summed E-state index contributed by atoms with van der Waals surface area (Å²) in [6, 6.07) is 18.6. The van der Waals surface area contributed by atoms with Crippen LogP contribution in [0.5, 0.6) is 5.75 Å². The van der Waals surface area contributed by atoms with E-state index in [1.54, 1.807) is 24.3 Å². The third-order valence-electron chi connectivity index (χ3n) is 5.09. The van der Waals surface area contributed by atoms with E-state index in [0.717, 1.165) is 11.0 Å². The Balaban J connectivity index is 1.34. The maximum Gasteiger partial charge on any atom is 0.312 e. The van der Waals surface area contributed by atoms with Gasteiger partial charge < -0.3 is 10.1 Å². The number of esters is 1. The number of carbonyl (C=O) groups excluding carboxylic acids is 4. The van der Waals surface area contributed by atoms with Gasteiger partial charge >= 0.3 is 5.97 Å². The third-order valence-corrected chi connectivity index (χ3v) is 5.09. The molecule has 0 atom stereocenters. The van der Waals surface area contributed by atoms with Gasteiger partial charge in [-0.1, -0.05) is 24.3 Å². The molecule has 0 spiro atoms. The summed E-state index contributed by atoms with van der Waals surface area (Å²) in [6.45, 7) is -0.292. The number of nitrogens with zero attached hydrogens (tertiary/aromatic N) is 2. The number of nitro groups is 1. The molecule has 1 N–H and O–H groups in total. The van der Waals surface area contributed by atoms with Crippen molar-refractivity contribution in [3.8, 4) is 5.75 Å². The van der Waals surface area contributed by atoms with Crippen molar-refractivity contribution in [3.05, 3.63) is 99.6 Å². The normalized spacial score (nSPS) is 12.3. The summed E-state index contributed by atoms with van der Waals surface area (Å²) in [7, 11) is 0. The Labute approximate surface area is 192 Å². The van der Waals surface area contributed by atoms with Crippen LogP contribution in [0.25, 0.3) is 0 Å². The van der Waals surface area contributed by atoms with Gasteiger partial charge in [0.2, 0.25) is 0 Å². The topological polar surface area (TPSA) is 136 Å². The van der Waals surface area contributed by atoms with Crippen LogP contribution in [0.2, 0.25) is 0 Å². The van der Waals surface area contributed by atoms with Gasteiger partial charge in [0.25, 0.3) is 23.4 Å². The molecule has 3 aromatic rings. The van der Waals surface area contributed by atoms with Crippen molar-refractivity contribution in [1.29, 1.82) is 0 Å². The molecule has 0 fully saturated rings. The van der Waals surface area contributed by atoms with Crippen molar-refractivity contribution in [2.75, 3.05) is 11.9 Å². The maximum atomic E-state index is 12.5. The van der Waals surface area contributed by atoms with Gasteiger partial charge in [-0.2, -0.15) is 0 Å². The number of benzene rings is 3. The van der Waals surface area contributed by atoms with Crippen LogP contribution in [0.3, 0.4) is 0 Å². The first-order valence-corrected chi connectivity index (χ1v) is 10.2. The monoisotopic (exact) mass is 459 g/mol. The Morgan fingerprint density at radius 1 is 0.912 bits per heavy atom. The molecule has 0 unspecified atom stereocenters. The average molecular weight is 459 g/mol. The zero-order valence-electron chi connectivity index (χ0n) is 17.6. The van der Waals surface area contributed by atoms with Crippen LogP contribution < -0.4 is 10.1 Å². The number of para-hydroxylation sites is 1. The molecule has 0 bridgehead atoms. The van der Waals surface area contributed by atoms with Crippen LogP contribution in [0.1, 0.15) is 37.5 Å². The van der Waals surface area contributed by atoms with E-state index in [9.17, 15) is 29.3 Å². The van der Waals surface area contributed by atoms with E-state index in [0.29, 0.717) is 11.3 Å². The number of nitrogens with one attached hydrogen (secondary N) is 1. The summed E-state index contributed by atoms with van der Waals surface area (Å²) in [5.74, 6) is -2.39. The zero-order chi connectivity index (χ0) is 24.2. The van der Waals surface area contributed by atoms with E-state index >= 15 is 0 Å². The standard InChI is InChI=1S/C24H17N3O7/c28-20(13-14-26-23(30)18-7-4-8-19(27(32)33)21(18)24(26)31)34-17-11-9-15(10-12-17)22(29)25-16-5-2-1-3-6-16/h1-12H,13-14H2,(H,25,29). The molecular formula is C24H17N3O7. The number of nitro benzene ring substituents is 1. The fourth-order valence-corrected chi connectivity index (χ4v) is 3.46. The predicted octanol–water partition coefficient (Wildman–Crippen LogP) is 3.44. The molecule has 34 heavy (non-hydrogen) atoms. The first kappa shape index (κ1) is 22.3. The molecule has 170 valence electrons. The fourth-order valence-electron chi connectivity index (χ4n) is 3.46. The molecular weight excluding hydrogens is 442 g/mol. The lowest BCUT2D eigenvalue weighted by Gasteiger charge is -2.13. The molecule has 0 aromatic heterocycles. The summed E-state index contributed by atoms with van der Waals surface area (Å²) in [6.07, 6.45) is -0.310. The van der Waals surface area contributed by atoms with Crippen molar-refractivity contribution in [2.45, 2.75) is 6.42 Å². The lowest BCUT2D eigenvalue weighted by atomic mass is 10.1. The number of fused-ring (bicyclic) bond motifs is 1. The Bertz CT molecular complexity index is 1300. The number of imide groups is 1. The maximum absolute atomic E-state index is 12.5. The molecule has 0 aliphatic carbocycles. The summed E-state index contributed by atoms with van der Waals surface area (Å²) >= 11 is 0. The minimum Gasteiger partial charge on any atom is -0.426 e. The van der Waals surface area contributed by atoms with Crippen molar-refractivity contribution >= 4 is 35.1 Å². The first-order valence-electron chi connectivity index (χ1n) is 10.2. The highest BCUT2D eigenvalue weighted by molar-refractivity contribution is 6.23. The minimum atomic E-state index is -0.825. The van der Waals surface area contributed by atoms with Gasteiger partial charge in [0.1, 0.15) is 11.3 Å². The van der Waals surface area contributed by atoms with Gasteiger partial charge in [-0.15, -0.1) is 0 Å². The van der Waals surface area contributed by atoms with E-state index < -0.39 is 28.4 Å². The summed E-state index contributed by atoms with van der Waals surface area (Å²) < 4.78 is 5.21. The number of hydrogen-bond acceptors (Lipinski definition) is 7. The highest BCUT2D eigenvalue weighted by Crippen LogP contribution is 2.30. The zero-order valence-corrected chi connectivity index (χ0v) is 17.6. The predicted molar refractivity (Wildman–Crippen MR) is 120 cm³/mol. The Morgan fingerprint density at radius 3 is 2.29 bits per heavy atom. The molecule has 4 rings (SSSR count). The highest BCUT2D eigenvalue weighted by Gasteiger charge is 2.40. The molecule has 0 saturated carbocycles. The van der Waals surface area contributed by atoms with Crippen molar-refractivity contribution in [2.24, 2.45) is 0 Å². The van der Waals surface area contributed by atoms with Gasteiger partial charge in [0.15, 0.2) is 0 Å². The second kappa shape index (κ2) is 9.33. The molecule has 0 radical (unpaired) electrons. The van der Waals surface area contributed by atoms with Crippen molar-refractivity contribution in [3.63, 3.8) is 0 Å². The number of ether oxygens (including phenoxy) is 1. The fraction of sp³-hybridized carbons (Fsp3) is 0.0833. The van der Waals surface area contributed by atoms with Crippen LogP contribution >= 0.6 is 0 Å². The summed E-state index contributed by atoms with van der Waals surface area (Å²) in [4.78, 5) is 60.8. The van der Waals surface area contributed by atoms with Gasteiger partial charge in [0.05, 0.1) is 16.9 Å². The van der Waals surface area contributed by atoms with E-state index in [2.05, 4.69) is 5.32 Å². The van der Waals surface area contributed by atoms with Gasteiger partial charge in [0, 0.05) is 23.9 Å². The highest BCUT2D eigenvalue weighted by atomic mass is 16.6. The lowest BCUT2D eigenvalue weighted by molar-refractivity contribution is -0.385. The molecule has 3 aromatic carbocycles. The lowest BCUT2D eigenvalue weighted by Crippen LogP contribution is -2.32. The largest absolute Gasteiger partial charge is 0.426 e. The van der Waals surface area contributed by atoms with E-state index in [1.807, 2.05) is 6.07 Å². The molecule has 0 saturated heterocycles. The summed E-state index contributed by atoms with van der Waals surface area (Å²) in [5.41, 5.74) is 0.183. The Kier molecular flexibility index (Phi) is 6.13. The molecule has 3 amide bonds. The van der Waals surface area contributed by atoms with Crippen LogP contribution in [0.4, 0.5) is 11.4 Å². The van der Waals surface area contributed by atoms with Crippen LogP contribution in [-0.2, 0) is 4.79 Å². The van der Waals surface area contributed by atoms with Gasteiger partial charge in [-0.25, -0.2) is 0 Å². The van der Waals surface area contributed by atoms with Crippen LogP contribution in [-0.4, -0.2) is 40.1 Å². The summed E-state index contributed by atoms with van der Waals surface area (Å²) in [5, 5.41) is 13.9. The smallest absolute Gasteiger partial charge is 0.312 e. The van der Waals surface area contributed by atoms with Gasteiger partial charge in [-0.05, 0) is 42.5 Å². The Hall–Kier alpha value is -4.86. The molecule has 1 aliphatic heterocycles. The van der Waals surface area contributed by atoms with E-state index in [1.165, 1.54) is 36.4 Å². The van der Waals surface area contributed by atoms with Crippen molar-refractivity contribution < 1.29 is 28.8 Å². The van der Waals surface area contributed by atoms with Gasteiger partial charge in [-0.3, -0.25) is 34.2 Å². The third kappa shape index (κ3) is 4.51. The van der Waals surface area contributed by atoms with E-state index in [4.69, 9.17) is 4.74 Å². The number of hydrogen-bond donors (Lipinski definition) is 1. The average Bonchev–Trinajstić information content (AvgIpc) is 3.08. The second-order valence-electron chi connectivity index (χ2n) is 7.29. The molecule has 10 nitrogen and oxygen atoms in total. The quantitative estimate of drug-likeness (QED) is 0.188. The number of anilines is 1. The van der Waals surface area contributed by atoms with Crippen LogP contribution in [0, 0.1) is 10.1 Å². The molecule has 10 heteroatoms. The number of amides is 3.